The van der Waals surface area contributed by atoms with E-state index in [4.69, 9.17) is 16.3 Å². The van der Waals surface area contributed by atoms with Crippen LogP contribution in [-0.2, 0) is 24.3 Å². The molecule has 1 aromatic carbocycles. The molecule has 0 fully saturated rings. The molecule has 0 aliphatic carbocycles. The van der Waals surface area contributed by atoms with Gasteiger partial charge in [-0.15, -0.1) is 0 Å². The van der Waals surface area contributed by atoms with Crippen molar-refractivity contribution in [2.45, 2.75) is 59.5 Å². The second kappa shape index (κ2) is 9.96. The van der Waals surface area contributed by atoms with Gasteiger partial charge in [-0.3, -0.25) is 19.1 Å². The van der Waals surface area contributed by atoms with E-state index >= 15 is 0 Å². The first-order valence-electron chi connectivity index (χ1n) is 10.5. The molecule has 0 unspecified atom stereocenters. The highest BCUT2D eigenvalue weighted by Crippen LogP contribution is 2.18. The van der Waals surface area contributed by atoms with Gasteiger partial charge in [0.05, 0.1) is 6.42 Å². The zero-order valence-corrected chi connectivity index (χ0v) is 18.7. The van der Waals surface area contributed by atoms with E-state index < -0.39 is 17.2 Å². The Morgan fingerprint density at radius 1 is 1.19 bits per heavy atom. The number of halogens is 1. The third-order valence-electron chi connectivity index (χ3n) is 4.85. The minimum absolute atomic E-state index is 0.0845. The molecule has 0 saturated heterocycles. The van der Waals surface area contributed by atoms with Gasteiger partial charge in [-0.1, -0.05) is 38.8 Å². The Kier molecular flexibility index (Phi) is 7.33. The number of esters is 1. The summed E-state index contributed by atoms with van der Waals surface area (Å²) in [4.78, 5) is 44.3. The number of imidazole rings is 1. The third kappa shape index (κ3) is 5.44. The molecule has 9 heteroatoms. The van der Waals surface area contributed by atoms with Gasteiger partial charge in [0.1, 0.15) is 11.6 Å². The standard InChI is InChI=1S/C22H27ClN4O4/c1-4-5-12-26-20-19(21(29)25-22(26)30)27(13-14(2)3)17(24-20)10-11-18(28)31-16-8-6-15(23)7-9-16/h6-9,14H,4-5,10-13H2,1-3H3,(H,25,29,30). The number of aromatic amines is 1. The minimum Gasteiger partial charge on any atom is -0.427 e. The molecule has 0 atom stereocenters. The number of carbonyl (C=O) groups is 1. The van der Waals surface area contributed by atoms with Crippen molar-refractivity contribution in [3.63, 3.8) is 0 Å². The average Bonchev–Trinajstić information content (AvgIpc) is 3.06. The Morgan fingerprint density at radius 2 is 1.90 bits per heavy atom. The van der Waals surface area contributed by atoms with Crippen LogP contribution in [0.3, 0.4) is 0 Å². The normalized spacial score (nSPS) is 11.4. The van der Waals surface area contributed by atoms with Gasteiger partial charge in [-0.05, 0) is 36.6 Å². The van der Waals surface area contributed by atoms with Gasteiger partial charge in [0, 0.05) is 24.5 Å². The van der Waals surface area contributed by atoms with Gasteiger partial charge in [-0.25, -0.2) is 9.78 Å². The van der Waals surface area contributed by atoms with Crippen LogP contribution < -0.4 is 16.0 Å². The molecular formula is C22H27ClN4O4. The summed E-state index contributed by atoms with van der Waals surface area (Å²) < 4.78 is 8.67. The number of hydrogen-bond donors (Lipinski definition) is 1. The van der Waals surface area contributed by atoms with Crippen LogP contribution in [0.25, 0.3) is 11.2 Å². The summed E-state index contributed by atoms with van der Waals surface area (Å²) in [6.45, 7) is 7.12. The quantitative estimate of drug-likeness (QED) is 0.400. The monoisotopic (exact) mass is 446 g/mol. The van der Waals surface area contributed by atoms with Crippen molar-refractivity contribution in [2.75, 3.05) is 0 Å². The number of unbranched alkanes of at least 4 members (excludes halogenated alkanes) is 1. The van der Waals surface area contributed by atoms with Gasteiger partial charge >= 0.3 is 11.7 Å². The second-order valence-electron chi connectivity index (χ2n) is 7.90. The molecule has 3 rings (SSSR count). The van der Waals surface area contributed by atoms with Gasteiger partial charge in [0.25, 0.3) is 5.56 Å². The Hall–Kier alpha value is -2.87. The molecule has 0 radical (unpaired) electrons. The molecule has 0 saturated carbocycles. The molecule has 2 aromatic heterocycles. The summed E-state index contributed by atoms with van der Waals surface area (Å²) in [5.74, 6) is 0.823. The van der Waals surface area contributed by atoms with E-state index in [0.717, 1.165) is 12.8 Å². The number of hydrogen-bond acceptors (Lipinski definition) is 5. The lowest BCUT2D eigenvalue weighted by molar-refractivity contribution is -0.134. The van der Waals surface area contributed by atoms with Crippen molar-refractivity contribution < 1.29 is 9.53 Å². The largest absolute Gasteiger partial charge is 0.427 e. The highest BCUT2D eigenvalue weighted by atomic mass is 35.5. The minimum atomic E-state index is -0.464. The molecule has 166 valence electrons. The molecule has 3 aromatic rings. The van der Waals surface area contributed by atoms with E-state index in [1.807, 2.05) is 25.3 Å². The molecule has 0 aliphatic rings. The number of rotatable bonds is 9. The summed E-state index contributed by atoms with van der Waals surface area (Å²) in [5.41, 5.74) is -0.195. The first-order chi connectivity index (χ1) is 14.8. The lowest BCUT2D eigenvalue weighted by Crippen LogP contribution is -2.31. The lowest BCUT2D eigenvalue weighted by Gasteiger charge is -2.11. The number of carbonyl (C=O) groups excluding carboxylic acids is 1. The fourth-order valence-electron chi connectivity index (χ4n) is 3.39. The summed E-state index contributed by atoms with van der Waals surface area (Å²) in [7, 11) is 0. The van der Waals surface area contributed by atoms with E-state index in [1.165, 1.54) is 4.57 Å². The highest BCUT2D eigenvalue weighted by molar-refractivity contribution is 6.30. The number of benzene rings is 1. The molecule has 0 amide bonds. The Labute approximate surface area is 184 Å². The van der Waals surface area contributed by atoms with Crippen molar-refractivity contribution >= 4 is 28.7 Å². The first-order valence-corrected chi connectivity index (χ1v) is 10.9. The Balaban J connectivity index is 1.91. The van der Waals surface area contributed by atoms with Crippen LogP contribution in [-0.4, -0.2) is 25.1 Å². The van der Waals surface area contributed by atoms with Crippen LogP contribution in [0.2, 0.25) is 5.02 Å². The topological polar surface area (TPSA) is 99.0 Å². The van der Waals surface area contributed by atoms with E-state index in [9.17, 15) is 14.4 Å². The number of nitrogens with one attached hydrogen (secondary N) is 1. The molecule has 31 heavy (non-hydrogen) atoms. The third-order valence-corrected chi connectivity index (χ3v) is 5.10. The molecule has 8 nitrogen and oxygen atoms in total. The van der Waals surface area contributed by atoms with Crippen LogP contribution >= 0.6 is 11.6 Å². The zero-order chi connectivity index (χ0) is 22.5. The van der Waals surface area contributed by atoms with Gasteiger partial charge in [-0.2, -0.15) is 0 Å². The summed E-state index contributed by atoms with van der Waals surface area (Å²) in [6.07, 6.45) is 2.07. The van der Waals surface area contributed by atoms with Gasteiger partial charge < -0.3 is 9.30 Å². The fraction of sp³-hybridized carbons (Fsp3) is 0.455. The van der Waals surface area contributed by atoms with Crippen molar-refractivity contribution in [3.05, 3.63) is 56.0 Å². The maximum absolute atomic E-state index is 12.6. The van der Waals surface area contributed by atoms with Crippen LogP contribution in [0.15, 0.2) is 33.9 Å². The predicted octanol–water partition coefficient (Wildman–Crippen LogP) is 3.53. The SMILES string of the molecule is CCCCn1c(=O)[nH]c(=O)c2c1nc(CCC(=O)Oc1ccc(Cl)cc1)n2CC(C)C. The number of fused-ring (bicyclic) bond motifs is 1. The number of aryl methyl sites for hydroxylation is 2. The average molecular weight is 447 g/mol. The van der Waals surface area contributed by atoms with Gasteiger partial charge in [0.15, 0.2) is 11.2 Å². The van der Waals surface area contributed by atoms with Crippen molar-refractivity contribution in [3.8, 4) is 5.75 Å². The van der Waals surface area contributed by atoms with Crippen LogP contribution in [0.5, 0.6) is 5.75 Å². The number of nitrogens with zero attached hydrogens (tertiary/aromatic N) is 3. The number of aromatic nitrogens is 4. The van der Waals surface area contributed by atoms with Crippen LogP contribution in [0, 0.1) is 5.92 Å². The maximum atomic E-state index is 12.6. The lowest BCUT2D eigenvalue weighted by atomic mass is 10.2. The molecule has 1 N–H and O–H groups in total. The maximum Gasteiger partial charge on any atom is 0.330 e. The smallest absolute Gasteiger partial charge is 0.330 e. The summed E-state index contributed by atoms with van der Waals surface area (Å²) in [5, 5.41) is 0.557. The highest BCUT2D eigenvalue weighted by Gasteiger charge is 2.20. The van der Waals surface area contributed by atoms with E-state index in [-0.39, 0.29) is 18.8 Å². The van der Waals surface area contributed by atoms with Gasteiger partial charge in [0.2, 0.25) is 0 Å². The second-order valence-corrected chi connectivity index (χ2v) is 8.33. The molecule has 2 heterocycles. The molecular weight excluding hydrogens is 420 g/mol. The van der Waals surface area contributed by atoms with Crippen molar-refractivity contribution in [1.29, 1.82) is 0 Å². The Bertz CT molecular complexity index is 1180. The number of H-pyrrole nitrogens is 1. The van der Waals surface area contributed by atoms with Crippen molar-refractivity contribution in [1.82, 2.24) is 19.1 Å². The summed E-state index contributed by atoms with van der Waals surface area (Å²) in [6, 6.07) is 6.54. The first kappa shape index (κ1) is 22.8. The summed E-state index contributed by atoms with van der Waals surface area (Å²) >= 11 is 5.85. The predicted molar refractivity (Wildman–Crippen MR) is 120 cm³/mol. The van der Waals surface area contributed by atoms with Crippen LogP contribution in [0.4, 0.5) is 0 Å². The molecule has 0 bridgehead atoms. The number of ether oxygens (including phenoxy) is 1. The van der Waals surface area contributed by atoms with E-state index in [1.54, 1.807) is 24.3 Å². The van der Waals surface area contributed by atoms with Crippen LogP contribution in [0.1, 0.15) is 45.9 Å². The van der Waals surface area contributed by atoms with E-state index in [0.29, 0.717) is 40.8 Å². The molecule has 0 aliphatic heterocycles. The van der Waals surface area contributed by atoms with Crippen molar-refractivity contribution in [2.24, 2.45) is 5.92 Å². The zero-order valence-electron chi connectivity index (χ0n) is 18.0. The van der Waals surface area contributed by atoms with E-state index in [2.05, 4.69) is 9.97 Å². The Morgan fingerprint density at radius 3 is 2.55 bits per heavy atom. The molecule has 0 spiro atoms. The fourth-order valence-corrected chi connectivity index (χ4v) is 3.52.